The highest BCUT2D eigenvalue weighted by Gasteiger charge is 2.09. The molecule has 0 aliphatic rings. The van der Waals surface area contributed by atoms with Crippen molar-refractivity contribution in [2.75, 3.05) is 5.32 Å². The van der Waals surface area contributed by atoms with Gasteiger partial charge in [0, 0.05) is 28.6 Å². The van der Waals surface area contributed by atoms with Crippen LogP contribution in [-0.4, -0.2) is 11.7 Å². The first kappa shape index (κ1) is 16.4. The average Bonchev–Trinajstić information content (AvgIpc) is 2.60. The predicted molar refractivity (Wildman–Crippen MR) is 100 cm³/mol. The Bertz CT molecular complexity index is 891. The van der Waals surface area contributed by atoms with Gasteiger partial charge in [0.05, 0.1) is 0 Å². The van der Waals surface area contributed by atoms with Gasteiger partial charge < -0.3 is 5.32 Å². The lowest BCUT2D eigenvalue weighted by Crippen LogP contribution is -2.13. The molecule has 0 aliphatic heterocycles. The molecule has 0 aliphatic carbocycles. The van der Waals surface area contributed by atoms with Gasteiger partial charge >= 0.3 is 0 Å². The van der Waals surface area contributed by atoms with E-state index in [0.29, 0.717) is 5.56 Å². The smallest absolute Gasteiger partial charge is 0.224 e. The van der Waals surface area contributed by atoms with Crippen molar-refractivity contribution < 1.29 is 9.59 Å². The molecule has 1 amide bonds. The molecule has 3 aromatic carbocycles. The Morgan fingerprint density at radius 1 is 0.875 bits per heavy atom. The number of fused-ring (bicyclic) bond motifs is 1. The number of nitrogens with one attached hydrogen (secondary N) is 1. The summed E-state index contributed by atoms with van der Waals surface area (Å²) >= 11 is 3.51. The summed E-state index contributed by atoms with van der Waals surface area (Å²) in [4.78, 5) is 24.1. The van der Waals surface area contributed by atoms with Gasteiger partial charge in [-0.2, -0.15) is 0 Å². The maximum absolute atomic E-state index is 12.1. The molecular formula is C20H16BrNO2. The van der Waals surface area contributed by atoms with E-state index in [2.05, 4.69) is 21.2 Å². The highest BCUT2D eigenvalue weighted by Crippen LogP contribution is 2.26. The van der Waals surface area contributed by atoms with Gasteiger partial charge in [-0.1, -0.05) is 64.5 Å². The average molecular weight is 382 g/mol. The van der Waals surface area contributed by atoms with Crippen LogP contribution in [0, 0.1) is 0 Å². The Hall–Kier alpha value is -2.46. The number of halogens is 1. The van der Waals surface area contributed by atoms with E-state index in [1.807, 2.05) is 54.6 Å². The van der Waals surface area contributed by atoms with Crippen molar-refractivity contribution in [1.82, 2.24) is 0 Å². The first-order chi connectivity index (χ1) is 11.6. The van der Waals surface area contributed by atoms with Crippen molar-refractivity contribution in [2.45, 2.75) is 12.8 Å². The number of benzene rings is 3. The Labute approximate surface area is 148 Å². The van der Waals surface area contributed by atoms with Gasteiger partial charge in [0.25, 0.3) is 0 Å². The standard InChI is InChI=1S/C20H16BrNO2/c21-18-8-4-7-15-13-16(9-10-17(15)18)22-20(24)12-11-19(23)14-5-2-1-3-6-14/h1-10,13H,11-12H2,(H,22,24). The summed E-state index contributed by atoms with van der Waals surface area (Å²) in [5.41, 5.74) is 1.37. The molecule has 0 bridgehead atoms. The maximum atomic E-state index is 12.1. The summed E-state index contributed by atoms with van der Waals surface area (Å²) in [7, 11) is 0. The molecule has 0 aromatic heterocycles. The topological polar surface area (TPSA) is 46.2 Å². The monoisotopic (exact) mass is 381 g/mol. The first-order valence-electron chi connectivity index (χ1n) is 7.70. The highest BCUT2D eigenvalue weighted by molar-refractivity contribution is 9.10. The Balaban J connectivity index is 1.62. The van der Waals surface area contributed by atoms with E-state index in [9.17, 15) is 9.59 Å². The number of anilines is 1. The van der Waals surface area contributed by atoms with Crippen LogP contribution in [0.1, 0.15) is 23.2 Å². The van der Waals surface area contributed by atoms with Crippen LogP contribution in [-0.2, 0) is 4.79 Å². The molecule has 4 heteroatoms. The molecule has 0 heterocycles. The van der Waals surface area contributed by atoms with Crippen LogP contribution < -0.4 is 5.32 Å². The minimum atomic E-state index is -0.159. The SMILES string of the molecule is O=C(CCC(=O)c1ccccc1)Nc1ccc2c(Br)cccc2c1. The molecule has 3 nitrogen and oxygen atoms in total. The molecule has 0 radical (unpaired) electrons. The molecule has 3 rings (SSSR count). The summed E-state index contributed by atoms with van der Waals surface area (Å²) < 4.78 is 1.02. The Morgan fingerprint density at radius 2 is 1.67 bits per heavy atom. The van der Waals surface area contributed by atoms with E-state index in [1.54, 1.807) is 12.1 Å². The van der Waals surface area contributed by atoms with Crippen molar-refractivity contribution in [3.63, 3.8) is 0 Å². The number of hydrogen-bond donors (Lipinski definition) is 1. The highest BCUT2D eigenvalue weighted by atomic mass is 79.9. The quantitative estimate of drug-likeness (QED) is 0.617. The van der Waals surface area contributed by atoms with Crippen LogP contribution in [0.3, 0.4) is 0 Å². The van der Waals surface area contributed by atoms with Crippen molar-refractivity contribution in [2.24, 2.45) is 0 Å². The second kappa shape index (κ2) is 7.41. The van der Waals surface area contributed by atoms with Crippen LogP contribution in [0.25, 0.3) is 10.8 Å². The third-order valence-corrected chi connectivity index (χ3v) is 4.48. The Kier molecular flexibility index (Phi) is 5.06. The lowest BCUT2D eigenvalue weighted by atomic mass is 10.1. The van der Waals surface area contributed by atoms with E-state index < -0.39 is 0 Å². The summed E-state index contributed by atoms with van der Waals surface area (Å²) in [5, 5.41) is 4.99. The maximum Gasteiger partial charge on any atom is 0.224 e. The lowest BCUT2D eigenvalue weighted by Gasteiger charge is -2.07. The van der Waals surface area contributed by atoms with E-state index in [0.717, 1.165) is 20.9 Å². The molecule has 3 aromatic rings. The number of rotatable bonds is 5. The Morgan fingerprint density at radius 3 is 2.46 bits per heavy atom. The van der Waals surface area contributed by atoms with Gasteiger partial charge in [0.15, 0.2) is 5.78 Å². The van der Waals surface area contributed by atoms with Crippen molar-refractivity contribution in [3.8, 4) is 0 Å². The summed E-state index contributed by atoms with van der Waals surface area (Å²) in [6.45, 7) is 0. The van der Waals surface area contributed by atoms with Crippen LogP contribution in [0.4, 0.5) is 5.69 Å². The fourth-order valence-corrected chi connectivity index (χ4v) is 3.05. The summed E-state index contributed by atoms with van der Waals surface area (Å²) in [6, 6.07) is 20.7. The van der Waals surface area contributed by atoms with Crippen molar-refractivity contribution in [3.05, 3.63) is 76.8 Å². The van der Waals surface area contributed by atoms with Crippen LogP contribution in [0.5, 0.6) is 0 Å². The van der Waals surface area contributed by atoms with E-state index in [4.69, 9.17) is 0 Å². The van der Waals surface area contributed by atoms with Crippen LogP contribution >= 0.6 is 15.9 Å². The second-order valence-electron chi connectivity index (χ2n) is 5.51. The van der Waals surface area contributed by atoms with Crippen molar-refractivity contribution >= 4 is 44.1 Å². The number of hydrogen-bond acceptors (Lipinski definition) is 2. The number of Topliss-reactive ketones (excluding diaryl/α,β-unsaturated/α-hetero) is 1. The fourth-order valence-electron chi connectivity index (χ4n) is 2.54. The first-order valence-corrected chi connectivity index (χ1v) is 8.49. The molecule has 0 saturated carbocycles. The normalized spacial score (nSPS) is 10.5. The zero-order valence-corrected chi connectivity index (χ0v) is 14.5. The minimum absolute atomic E-state index is 0.0202. The molecular weight excluding hydrogens is 366 g/mol. The molecule has 1 N–H and O–H groups in total. The lowest BCUT2D eigenvalue weighted by molar-refractivity contribution is -0.116. The molecule has 0 spiro atoms. The van der Waals surface area contributed by atoms with Gasteiger partial charge in [0.2, 0.25) is 5.91 Å². The summed E-state index contributed by atoms with van der Waals surface area (Å²) in [5.74, 6) is -0.179. The zero-order valence-electron chi connectivity index (χ0n) is 13.0. The zero-order chi connectivity index (χ0) is 16.9. The third-order valence-electron chi connectivity index (χ3n) is 3.79. The largest absolute Gasteiger partial charge is 0.326 e. The van der Waals surface area contributed by atoms with Crippen LogP contribution in [0.2, 0.25) is 0 Å². The van der Waals surface area contributed by atoms with Gasteiger partial charge in [-0.15, -0.1) is 0 Å². The number of ketones is 1. The van der Waals surface area contributed by atoms with Crippen molar-refractivity contribution in [1.29, 1.82) is 0 Å². The van der Waals surface area contributed by atoms with E-state index >= 15 is 0 Å². The molecule has 0 fully saturated rings. The number of carbonyl (C=O) groups excluding carboxylic acids is 2. The van der Waals surface area contributed by atoms with E-state index in [-0.39, 0.29) is 24.5 Å². The van der Waals surface area contributed by atoms with Gasteiger partial charge in [-0.25, -0.2) is 0 Å². The van der Waals surface area contributed by atoms with Gasteiger partial charge in [0.1, 0.15) is 0 Å². The molecule has 0 unspecified atom stereocenters. The second-order valence-corrected chi connectivity index (χ2v) is 6.37. The number of carbonyl (C=O) groups is 2. The minimum Gasteiger partial charge on any atom is -0.326 e. The molecule has 0 saturated heterocycles. The molecule has 120 valence electrons. The predicted octanol–water partition coefficient (Wildman–Crippen LogP) is 5.20. The van der Waals surface area contributed by atoms with Crippen LogP contribution in [0.15, 0.2) is 71.2 Å². The van der Waals surface area contributed by atoms with Gasteiger partial charge in [-0.3, -0.25) is 9.59 Å². The molecule has 24 heavy (non-hydrogen) atoms. The summed E-state index contributed by atoms with van der Waals surface area (Å²) in [6.07, 6.45) is 0.374. The number of amides is 1. The van der Waals surface area contributed by atoms with Gasteiger partial charge in [-0.05, 0) is 29.0 Å². The fraction of sp³-hybridized carbons (Fsp3) is 0.100. The van der Waals surface area contributed by atoms with E-state index in [1.165, 1.54) is 0 Å². The molecule has 0 atom stereocenters. The third kappa shape index (κ3) is 3.89.